The Morgan fingerprint density at radius 3 is 2.55 bits per heavy atom. The van der Waals surface area contributed by atoms with Crippen LogP contribution in [0.5, 0.6) is 5.88 Å². The van der Waals surface area contributed by atoms with Crippen LogP contribution in [0.4, 0.5) is 5.82 Å². The highest BCUT2D eigenvalue weighted by atomic mass is 28.3. The van der Waals surface area contributed by atoms with Crippen LogP contribution in [-0.2, 0) is 22.8 Å². The van der Waals surface area contributed by atoms with Crippen molar-refractivity contribution in [3.8, 4) is 28.1 Å². The molecule has 1 saturated heterocycles. The van der Waals surface area contributed by atoms with E-state index in [1.54, 1.807) is 0 Å². The Kier molecular flexibility index (Phi) is 9.10. The standard InChI is InChI=1S/C32H47N5O4Si/c1-32(2,3)41-31(38)36-14-12-26(13-15-36)35(4)29-11-10-28-27-9-8-23(18-24(27)21-40-30(28)34-29)25-19-33-37(20-25)22-39-16-17-42(5,6)7/h8-11,18-20,26,31,38H,12-17,21-22H2,1-7H3. The predicted octanol–water partition coefficient (Wildman–Crippen LogP) is 5.81. The van der Waals surface area contributed by atoms with E-state index in [0.29, 0.717) is 25.3 Å². The maximum atomic E-state index is 10.5. The summed E-state index contributed by atoms with van der Waals surface area (Å²) in [6.07, 6.45) is 4.91. The molecule has 4 heterocycles. The molecule has 0 spiro atoms. The molecule has 42 heavy (non-hydrogen) atoms. The van der Waals surface area contributed by atoms with Crippen LogP contribution in [0.3, 0.4) is 0 Å². The fourth-order valence-electron chi connectivity index (χ4n) is 5.44. The number of piperidine rings is 1. The molecule has 9 nitrogen and oxygen atoms in total. The molecule has 5 rings (SSSR count). The molecule has 1 unspecified atom stereocenters. The van der Waals surface area contributed by atoms with E-state index in [2.05, 4.69) is 67.0 Å². The van der Waals surface area contributed by atoms with Crippen molar-refractivity contribution in [2.24, 2.45) is 0 Å². The van der Waals surface area contributed by atoms with E-state index < -0.39 is 14.5 Å². The fourth-order valence-corrected chi connectivity index (χ4v) is 6.19. The minimum Gasteiger partial charge on any atom is -0.472 e. The van der Waals surface area contributed by atoms with Crippen molar-refractivity contribution in [2.75, 3.05) is 31.6 Å². The Balaban J connectivity index is 1.21. The molecule has 0 radical (unpaired) electrons. The largest absolute Gasteiger partial charge is 0.472 e. The zero-order chi connectivity index (χ0) is 30.1. The van der Waals surface area contributed by atoms with Gasteiger partial charge in [-0.05, 0) is 74.5 Å². The first-order chi connectivity index (χ1) is 19.9. The lowest BCUT2D eigenvalue weighted by atomic mass is 9.95. The average Bonchev–Trinajstić information content (AvgIpc) is 3.42. The quantitative estimate of drug-likeness (QED) is 0.179. The second kappa shape index (κ2) is 12.5. The zero-order valence-corrected chi connectivity index (χ0v) is 27.3. The van der Waals surface area contributed by atoms with Crippen molar-refractivity contribution in [3.05, 3.63) is 48.3 Å². The van der Waals surface area contributed by atoms with E-state index in [0.717, 1.165) is 72.2 Å². The summed E-state index contributed by atoms with van der Waals surface area (Å²) in [6.45, 7) is 16.2. The number of fused-ring (bicyclic) bond motifs is 3. The van der Waals surface area contributed by atoms with E-state index in [9.17, 15) is 5.11 Å². The lowest BCUT2D eigenvalue weighted by Crippen LogP contribution is -2.49. The first-order valence-corrected chi connectivity index (χ1v) is 18.8. The molecule has 0 aliphatic carbocycles. The molecule has 0 amide bonds. The monoisotopic (exact) mass is 593 g/mol. The van der Waals surface area contributed by atoms with Gasteiger partial charge in [0, 0.05) is 58.2 Å². The van der Waals surface area contributed by atoms with E-state index in [1.165, 1.54) is 0 Å². The molecule has 10 heteroatoms. The number of aliphatic hydroxyl groups is 1. The van der Waals surface area contributed by atoms with Crippen molar-refractivity contribution >= 4 is 13.9 Å². The third-order valence-corrected chi connectivity index (χ3v) is 9.68. The van der Waals surface area contributed by atoms with Crippen molar-refractivity contribution in [3.63, 3.8) is 0 Å². The normalized spacial score (nSPS) is 17.0. The van der Waals surface area contributed by atoms with Gasteiger partial charge in [0.15, 0.2) is 0 Å². The molecule has 2 aromatic heterocycles. The number of nitrogens with zero attached hydrogens (tertiary/aromatic N) is 5. The number of aromatic nitrogens is 3. The van der Waals surface area contributed by atoms with Crippen molar-refractivity contribution < 1.29 is 19.3 Å². The third kappa shape index (κ3) is 7.59. The molecular weight excluding hydrogens is 546 g/mol. The number of ether oxygens (including phenoxy) is 3. The van der Waals surface area contributed by atoms with Gasteiger partial charge in [-0.1, -0.05) is 31.8 Å². The minimum atomic E-state index is -1.10. The second-order valence-electron chi connectivity index (χ2n) is 13.7. The smallest absolute Gasteiger partial charge is 0.223 e. The van der Waals surface area contributed by atoms with E-state index >= 15 is 0 Å². The zero-order valence-electron chi connectivity index (χ0n) is 26.3. The second-order valence-corrected chi connectivity index (χ2v) is 19.4. The molecule has 2 aliphatic rings. The number of benzene rings is 1. The molecule has 1 fully saturated rings. The lowest BCUT2D eigenvalue weighted by molar-refractivity contribution is -0.242. The van der Waals surface area contributed by atoms with Crippen LogP contribution in [-0.4, -0.2) is 77.6 Å². The first-order valence-electron chi connectivity index (χ1n) is 15.1. The van der Waals surface area contributed by atoms with Crippen LogP contribution in [0.1, 0.15) is 39.2 Å². The molecule has 0 saturated carbocycles. The number of anilines is 1. The first kappa shape index (κ1) is 30.7. The van der Waals surface area contributed by atoms with Crippen LogP contribution in [0.15, 0.2) is 42.7 Å². The van der Waals surface area contributed by atoms with Crippen LogP contribution >= 0.6 is 0 Å². The Labute approximate surface area is 251 Å². The maximum Gasteiger partial charge on any atom is 0.223 e. The Hall–Kier alpha value is -2.76. The van der Waals surface area contributed by atoms with Crippen molar-refractivity contribution in [1.29, 1.82) is 0 Å². The fraction of sp³-hybridized carbons (Fsp3) is 0.562. The molecule has 0 bridgehead atoms. The van der Waals surface area contributed by atoms with Gasteiger partial charge in [-0.3, -0.25) is 4.90 Å². The van der Waals surface area contributed by atoms with E-state index in [4.69, 9.17) is 19.2 Å². The van der Waals surface area contributed by atoms with Gasteiger partial charge >= 0.3 is 0 Å². The van der Waals surface area contributed by atoms with Crippen molar-refractivity contribution in [2.45, 2.75) is 90.7 Å². The van der Waals surface area contributed by atoms with Crippen LogP contribution < -0.4 is 9.64 Å². The molecule has 1 N–H and O–H groups in total. The van der Waals surface area contributed by atoms with Gasteiger partial charge in [0.2, 0.25) is 12.3 Å². The summed E-state index contributed by atoms with van der Waals surface area (Å²) < 4.78 is 19.6. The van der Waals surface area contributed by atoms with E-state index in [-0.39, 0.29) is 5.60 Å². The Morgan fingerprint density at radius 2 is 1.83 bits per heavy atom. The number of aliphatic hydroxyl groups excluding tert-OH is 1. The number of likely N-dealkylation sites (tertiary alicyclic amines) is 1. The average molecular weight is 594 g/mol. The molecule has 1 aromatic carbocycles. The highest BCUT2D eigenvalue weighted by Gasteiger charge is 2.30. The molecule has 2 aliphatic heterocycles. The molecular formula is C32H47N5O4Si. The van der Waals surface area contributed by atoms with Gasteiger partial charge < -0.3 is 24.2 Å². The van der Waals surface area contributed by atoms with Crippen LogP contribution in [0, 0.1) is 0 Å². The summed E-state index contributed by atoms with van der Waals surface area (Å²) >= 11 is 0. The molecule has 3 aromatic rings. The van der Waals surface area contributed by atoms with E-state index in [1.807, 2.05) is 42.7 Å². The summed E-state index contributed by atoms with van der Waals surface area (Å²) in [7, 11) is 0.997. The molecule has 1 atom stereocenters. The predicted molar refractivity (Wildman–Crippen MR) is 169 cm³/mol. The summed E-state index contributed by atoms with van der Waals surface area (Å²) in [4.78, 5) is 9.15. The topological polar surface area (TPSA) is 85.1 Å². The number of hydrogen-bond donors (Lipinski definition) is 1. The highest BCUT2D eigenvalue weighted by Crippen LogP contribution is 2.39. The summed E-state index contributed by atoms with van der Waals surface area (Å²) in [5.41, 5.74) is 5.11. The van der Waals surface area contributed by atoms with Crippen molar-refractivity contribution in [1.82, 2.24) is 19.7 Å². The SMILES string of the molecule is CN(c1ccc2c(n1)OCc1cc(-c3cnn(COCC[Si](C)(C)C)c3)ccc1-2)C1CCN(C(O)OC(C)(C)C)CC1. The van der Waals surface area contributed by atoms with Gasteiger partial charge in [0.05, 0.1) is 11.8 Å². The van der Waals surface area contributed by atoms with Gasteiger partial charge in [0.25, 0.3) is 0 Å². The minimum absolute atomic E-state index is 0.332. The van der Waals surface area contributed by atoms with Gasteiger partial charge in [-0.25, -0.2) is 4.68 Å². The summed E-state index contributed by atoms with van der Waals surface area (Å²) in [5.74, 6) is 1.58. The van der Waals surface area contributed by atoms with Crippen LogP contribution in [0.2, 0.25) is 25.7 Å². The highest BCUT2D eigenvalue weighted by molar-refractivity contribution is 6.76. The van der Waals surface area contributed by atoms with Gasteiger partial charge in [-0.15, -0.1) is 0 Å². The summed E-state index contributed by atoms with van der Waals surface area (Å²) in [6, 6.07) is 12.2. The van der Waals surface area contributed by atoms with Crippen LogP contribution in [0.25, 0.3) is 22.3 Å². The maximum absolute atomic E-state index is 10.5. The Bertz CT molecular complexity index is 1360. The number of hydrogen-bond acceptors (Lipinski definition) is 8. The van der Waals surface area contributed by atoms with Gasteiger partial charge in [0.1, 0.15) is 19.2 Å². The van der Waals surface area contributed by atoms with Gasteiger partial charge in [-0.2, -0.15) is 10.1 Å². The number of rotatable bonds is 10. The summed E-state index contributed by atoms with van der Waals surface area (Å²) in [5, 5.41) is 15.0. The molecule has 228 valence electrons. The Morgan fingerprint density at radius 1 is 1.10 bits per heavy atom. The lowest BCUT2D eigenvalue weighted by Gasteiger charge is -2.40. The number of pyridine rings is 1. The third-order valence-electron chi connectivity index (χ3n) is 7.97.